The van der Waals surface area contributed by atoms with Gasteiger partial charge in [0, 0.05) is 31.7 Å². The van der Waals surface area contributed by atoms with E-state index >= 15 is 0 Å². The molecule has 0 unspecified atom stereocenters. The first kappa shape index (κ1) is 18.6. The number of methoxy groups -OCH3 is 1. The van der Waals surface area contributed by atoms with Gasteiger partial charge in [-0.15, -0.1) is 11.3 Å². The van der Waals surface area contributed by atoms with Crippen LogP contribution in [0.15, 0.2) is 60.0 Å². The Morgan fingerprint density at radius 3 is 2.39 bits per heavy atom. The standard InChI is InChI=1S/C23H24N2O2S/c1-17-7-9-18(10-8-17)19-11-16-28-22(19)23(26)25-14-12-24(13-15-25)20-5-3-4-6-21(20)27-2/h3-11,16H,12-15H2,1-2H3. The Hall–Kier alpha value is -2.79. The molecule has 3 aromatic rings. The molecule has 1 fully saturated rings. The van der Waals surface area contributed by atoms with Crippen molar-refractivity contribution in [1.82, 2.24) is 4.90 Å². The Balaban J connectivity index is 1.48. The van der Waals surface area contributed by atoms with E-state index in [2.05, 4.69) is 42.2 Å². The van der Waals surface area contributed by atoms with Gasteiger partial charge in [0.1, 0.15) is 5.75 Å². The molecule has 0 atom stereocenters. The second-order valence-electron chi connectivity index (χ2n) is 6.98. The third-order valence-corrected chi connectivity index (χ3v) is 6.12. The number of anilines is 1. The summed E-state index contributed by atoms with van der Waals surface area (Å²) in [5.74, 6) is 1.01. The molecular weight excluding hydrogens is 368 g/mol. The number of carbonyl (C=O) groups is 1. The van der Waals surface area contributed by atoms with Crippen LogP contribution in [0, 0.1) is 6.92 Å². The zero-order chi connectivity index (χ0) is 19.5. The molecule has 2 heterocycles. The monoisotopic (exact) mass is 392 g/mol. The van der Waals surface area contributed by atoms with Crippen LogP contribution in [0.2, 0.25) is 0 Å². The molecule has 0 radical (unpaired) electrons. The first-order valence-corrected chi connectivity index (χ1v) is 10.4. The van der Waals surface area contributed by atoms with E-state index in [0.717, 1.165) is 40.5 Å². The van der Waals surface area contributed by atoms with Crippen LogP contribution in [0.25, 0.3) is 11.1 Å². The van der Waals surface area contributed by atoms with Gasteiger partial charge in [-0.25, -0.2) is 0 Å². The van der Waals surface area contributed by atoms with Crippen molar-refractivity contribution in [3.63, 3.8) is 0 Å². The van der Waals surface area contributed by atoms with Gasteiger partial charge in [0.2, 0.25) is 0 Å². The normalized spacial score (nSPS) is 14.2. The molecule has 0 aliphatic carbocycles. The molecule has 1 aliphatic heterocycles. The van der Waals surface area contributed by atoms with Gasteiger partial charge >= 0.3 is 0 Å². The number of benzene rings is 2. The summed E-state index contributed by atoms with van der Waals surface area (Å²) >= 11 is 1.53. The fourth-order valence-corrected chi connectivity index (χ4v) is 4.50. The summed E-state index contributed by atoms with van der Waals surface area (Å²) in [7, 11) is 1.70. The van der Waals surface area contributed by atoms with Gasteiger partial charge in [0.25, 0.3) is 5.91 Å². The molecule has 1 aliphatic rings. The summed E-state index contributed by atoms with van der Waals surface area (Å²) in [6.45, 7) is 5.10. The summed E-state index contributed by atoms with van der Waals surface area (Å²) in [6, 6.07) is 18.5. The van der Waals surface area contributed by atoms with Crippen molar-refractivity contribution in [3.8, 4) is 16.9 Å². The van der Waals surface area contributed by atoms with E-state index in [1.807, 2.05) is 34.5 Å². The molecule has 1 amide bonds. The fourth-order valence-electron chi connectivity index (χ4n) is 3.62. The summed E-state index contributed by atoms with van der Waals surface area (Å²) in [5, 5.41) is 2.01. The average molecular weight is 393 g/mol. The number of nitrogens with zero attached hydrogens (tertiary/aromatic N) is 2. The number of aryl methyl sites for hydroxylation is 1. The number of thiophene rings is 1. The second kappa shape index (κ2) is 8.07. The number of piperazine rings is 1. The first-order chi connectivity index (χ1) is 13.7. The molecular formula is C23H24N2O2S. The lowest BCUT2D eigenvalue weighted by Gasteiger charge is -2.36. The average Bonchev–Trinajstić information content (AvgIpc) is 3.23. The van der Waals surface area contributed by atoms with Gasteiger partial charge in [-0.1, -0.05) is 42.0 Å². The van der Waals surface area contributed by atoms with E-state index in [9.17, 15) is 4.79 Å². The molecule has 2 aromatic carbocycles. The molecule has 0 spiro atoms. The number of ether oxygens (including phenoxy) is 1. The van der Waals surface area contributed by atoms with Crippen LogP contribution < -0.4 is 9.64 Å². The molecule has 144 valence electrons. The SMILES string of the molecule is COc1ccccc1N1CCN(C(=O)c2sccc2-c2ccc(C)cc2)CC1. The van der Waals surface area contributed by atoms with Crippen LogP contribution >= 0.6 is 11.3 Å². The Bertz CT molecular complexity index is 957. The minimum atomic E-state index is 0.130. The zero-order valence-corrected chi connectivity index (χ0v) is 17.0. The maximum atomic E-state index is 13.2. The number of hydrogen-bond donors (Lipinski definition) is 0. The van der Waals surface area contributed by atoms with Crippen molar-refractivity contribution in [2.24, 2.45) is 0 Å². The number of para-hydroxylation sites is 2. The lowest BCUT2D eigenvalue weighted by molar-refractivity contribution is 0.0752. The second-order valence-corrected chi connectivity index (χ2v) is 7.90. The van der Waals surface area contributed by atoms with Gasteiger partial charge < -0.3 is 14.5 Å². The molecule has 4 rings (SSSR count). The zero-order valence-electron chi connectivity index (χ0n) is 16.2. The lowest BCUT2D eigenvalue weighted by atomic mass is 10.0. The Morgan fingerprint density at radius 2 is 1.68 bits per heavy atom. The minimum Gasteiger partial charge on any atom is -0.495 e. The predicted molar refractivity (Wildman–Crippen MR) is 116 cm³/mol. The highest BCUT2D eigenvalue weighted by Gasteiger charge is 2.26. The summed E-state index contributed by atoms with van der Waals surface area (Å²) in [4.78, 5) is 18.3. The van der Waals surface area contributed by atoms with Crippen LogP contribution in [-0.4, -0.2) is 44.1 Å². The molecule has 5 heteroatoms. The first-order valence-electron chi connectivity index (χ1n) is 9.49. The molecule has 1 aromatic heterocycles. The van der Waals surface area contributed by atoms with Crippen LogP contribution in [0.1, 0.15) is 15.2 Å². The highest BCUT2D eigenvalue weighted by atomic mass is 32.1. The summed E-state index contributed by atoms with van der Waals surface area (Å²) < 4.78 is 5.48. The lowest BCUT2D eigenvalue weighted by Crippen LogP contribution is -2.48. The Labute approximate surface area is 170 Å². The molecule has 1 saturated heterocycles. The summed E-state index contributed by atoms with van der Waals surface area (Å²) in [6.07, 6.45) is 0. The van der Waals surface area contributed by atoms with Crippen molar-refractivity contribution in [3.05, 3.63) is 70.4 Å². The molecule has 4 nitrogen and oxygen atoms in total. The number of hydrogen-bond acceptors (Lipinski definition) is 4. The van der Waals surface area contributed by atoms with Crippen molar-refractivity contribution < 1.29 is 9.53 Å². The fraction of sp³-hybridized carbons (Fsp3) is 0.261. The molecule has 0 saturated carbocycles. The van der Waals surface area contributed by atoms with Crippen molar-refractivity contribution in [2.75, 3.05) is 38.2 Å². The van der Waals surface area contributed by atoms with Gasteiger partial charge in [0.15, 0.2) is 0 Å². The van der Waals surface area contributed by atoms with Gasteiger partial charge in [-0.3, -0.25) is 4.79 Å². The summed E-state index contributed by atoms with van der Waals surface area (Å²) in [5.41, 5.74) is 4.44. The smallest absolute Gasteiger partial charge is 0.264 e. The highest BCUT2D eigenvalue weighted by Crippen LogP contribution is 2.31. The minimum absolute atomic E-state index is 0.130. The van der Waals surface area contributed by atoms with Crippen molar-refractivity contribution >= 4 is 22.9 Å². The molecule has 0 bridgehead atoms. The largest absolute Gasteiger partial charge is 0.495 e. The van der Waals surface area contributed by atoms with Crippen molar-refractivity contribution in [2.45, 2.75) is 6.92 Å². The van der Waals surface area contributed by atoms with E-state index in [1.54, 1.807) is 7.11 Å². The van der Waals surface area contributed by atoms with E-state index in [-0.39, 0.29) is 5.91 Å². The van der Waals surface area contributed by atoms with E-state index in [4.69, 9.17) is 4.74 Å². The van der Waals surface area contributed by atoms with Crippen LogP contribution in [0.4, 0.5) is 5.69 Å². The van der Waals surface area contributed by atoms with E-state index < -0.39 is 0 Å². The van der Waals surface area contributed by atoms with Crippen molar-refractivity contribution in [1.29, 1.82) is 0 Å². The highest BCUT2D eigenvalue weighted by molar-refractivity contribution is 7.12. The quantitative estimate of drug-likeness (QED) is 0.645. The Kier molecular flexibility index (Phi) is 5.35. The number of amides is 1. The maximum Gasteiger partial charge on any atom is 0.264 e. The van der Waals surface area contributed by atoms with Crippen LogP contribution in [-0.2, 0) is 0 Å². The predicted octanol–water partition coefficient (Wildman–Crippen LogP) is 4.69. The number of carbonyl (C=O) groups excluding carboxylic acids is 1. The van der Waals surface area contributed by atoms with E-state index in [1.165, 1.54) is 16.9 Å². The van der Waals surface area contributed by atoms with Crippen LogP contribution in [0.5, 0.6) is 5.75 Å². The number of rotatable bonds is 4. The van der Waals surface area contributed by atoms with Crippen LogP contribution in [0.3, 0.4) is 0 Å². The third kappa shape index (κ3) is 3.62. The van der Waals surface area contributed by atoms with Gasteiger partial charge in [-0.05, 0) is 36.1 Å². The van der Waals surface area contributed by atoms with Gasteiger partial charge in [-0.2, -0.15) is 0 Å². The Morgan fingerprint density at radius 1 is 0.964 bits per heavy atom. The maximum absolute atomic E-state index is 13.2. The molecule has 28 heavy (non-hydrogen) atoms. The van der Waals surface area contributed by atoms with E-state index in [0.29, 0.717) is 13.1 Å². The third-order valence-electron chi connectivity index (χ3n) is 5.21. The molecule has 0 N–H and O–H groups in total. The topological polar surface area (TPSA) is 32.8 Å². The van der Waals surface area contributed by atoms with Gasteiger partial charge in [0.05, 0.1) is 17.7 Å².